The summed E-state index contributed by atoms with van der Waals surface area (Å²) in [6.07, 6.45) is 4.16. The molecule has 0 bridgehead atoms. The maximum Gasteiger partial charge on any atom is 0.179 e. The van der Waals surface area contributed by atoms with Gasteiger partial charge in [0.1, 0.15) is 5.78 Å². The summed E-state index contributed by atoms with van der Waals surface area (Å²) in [6.45, 7) is 1.61. The lowest BCUT2D eigenvalue weighted by molar-refractivity contribution is -0.121. The molecule has 1 aromatic rings. The quantitative estimate of drug-likeness (QED) is 0.540. The van der Waals surface area contributed by atoms with Gasteiger partial charge < -0.3 is 5.21 Å². The zero-order chi connectivity index (χ0) is 11.7. The smallest absolute Gasteiger partial charge is 0.179 e. The molecule has 16 heavy (non-hydrogen) atoms. The summed E-state index contributed by atoms with van der Waals surface area (Å²) < 4.78 is 0.880. The van der Waals surface area contributed by atoms with Crippen LogP contribution in [0, 0.1) is 11.3 Å². The Balaban J connectivity index is 2.34. The summed E-state index contributed by atoms with van der Waals surface area (Å²) >= 11 is 0. The number of aryl methyl sites for hydroxylation is 1. The minimum absolute atomic E-state index is 0.0139. The third-order valence-electron chi connectivity index (χ3n) is 3.19. The molecule has 0 radical (unpaired) electrons. The Kier molecular flexibility index (Phi) is 2.77. The molecule has 1 atom stereocenters. The monoisotopic (exact) mass is 221 g/mol. The summed E-state index contributed by atoms with van der Waals surface area (Å²) in [7, 11) is 0. The van der Waals surface area contributed by atoms with Crippen LogP contribution in [0.25, 0.3) is 0 Å². The van der Waals surface area contributed by atoms with E-state index in [2.05, 4.69) is 4.98 Å². The molecule has 2 N–H and O–H groups in total. The van der Waals surface area contributed by atoms with Crippen molar-refractivity contribution in [2.75, 3.05) is 0 Å². The highest BCUT2D eigenvalue weighted by atomic mass is 16.5. The molecule has 1 aliphatic rings. The predicted molar refractivity (Wildman–Crippen MR) is 56.1 cm³/mol. The van der Waals surface area contributed by atoms with Gasteiger partial charge in [0.05, 0.1) is 17.6 Å². The summed E-state index contributed by atoms with van der Waals surface area (Å²) in [5.41, 5.74) is 1.47. The van der Waals surface area contributed by atoms with Crippen LogP contribution >= 0.6 is 0 Å². The molecule has 1 heterocycles. The van der Waals surface area contributed by atoms with Crippen LogP contribution in [-0.4, -0.2) is 20.7 Å². The van der Waals surface area contributed by atoms with E-state index in [1.807, 2.05) is 0 Å². The second kappa shape index (κ2) is 4.08. The highest BCUT2D eigenvalue weighted by molar-refractivity contribution is 5.78. The van der Waals surface area contributed by atoms with Crippen molar-refractivity contribution < 1.29 is 10.0 Å². The zero-order valence-corrected chi connectivity index (χ0v) is 9.23. The van der Waals surface area contributed by atoms with Crippen molar-refractivity contribution in [1.82, 2.24) is 9.71 Å². The Bertz CT molecular complexity index is 479. The van der Waals surface area contributed by atoms with Crippen molar-refractivity contribution >= 4 is 5.78 Å². The number of rotatable bonds is 1. The van der Waals surface area contributed by atoms with Crippen molar-refractivity contribution in [3.8, 4) is 0 Å². The number of carbonyl (C=O) groups is 1. The lowest BCUT2D eigenvalue weighted by Crippen LogP contribution is -2.23. The standard InChI is InChI=1S/C11H15N3O2/c1-7(15)8-2-4-9-10(5-3-8)14(16)11(12)6-13-9/h6,8,12,16H,2-5H2,1H3. The molecule has 5 nitrogen and oxygen atoms in total. The van der Waals surface area contributed by atoms with Crippen molar-refractivity contribution in [1.29, 1.82) is 5.41 Å². The molecule has 0 amide bonds. The van der Waals surface area contributed by atoms with Crippen molar-refractivity contribution in [2.45, 2.75) is 32.6 Å². The molecule has 1 aromatic heterocycles. The molecule has 0 fully saturated rings. The van der Waals surface area contributed by atoms with Crippen LogP contribution in [0.4, 0.5) is 0 Å². The zero-order valence-electron chi connectivity index (χ0n) is 9.23. The molecule has 86 valence electrons. The average molecular weight is 221 g/mol. The third-order valence-corrected chi connectivity index (χ3v) is 3.19. The van der Waals surface area contributed by atoms with Crippen LogP contribution in [0.15, 0.2) is 6.20 Å². The van der Waals surface area contributed by atoms with Crippen LogP contribution in [0.2, 0.25) is 0 Å². The first-order valence-electron chi connectivity index (χ1n) is 5.43. The largest absolute Gasteiger partial charge is 0.427 e. The molecule has 0 saturated heterocycles. The first kappa shape index (κ1) is 10.9. The topological polar surface area (TPSA) is 79.0 Å². The minimum atomic E-state index is -0.0139. The van der Waals surface area contributed by atoms with Gasteiger partial charge in [0, 0.05) is 5.92 Å². The number of ketones is 1. The molecule has 1 aliphatic carbocycles. The second-order valence-corrected chi connectivity index (χ2v) is 4.23. The van der Waals surface area contributed by atoms with Gasteiger partial charge in [-0.15, -0.1) is 0 Å². The van der Waals surface area contributed by atoms with Crippen LogP contribution < -0.4 is 5.49 Å². The molecular formula is C11H15N3O2. The Labute approximate surface area is 93.2 Å². The molecule has 5 heteroatoms. The maximum atomic E-state index is 11.3. The van der Waals surface area contributed by atoms with Crippen LogP contribution in [0.3, 0.4) is 0 Å². The highest BCUT2D eigenvalue weighted by Gasteiger charge is 2.22. The molecule has 2 rings (SSSR count). The fraction of sp³-hybridized carbons (Fsp3) is 0.545. The van der Waals surface area contributed by atoms with E-state index in [1.54, 1.807) is 6.92 Å². The van der Waals surface area contributed by atoms with Crippen molar-refractivity contribution in [3.63, 3.8) is 0 Å². The van der Waals surface area contributed by atoms with Gasteiger partial charge >= 0.3 is 0 Å². The van der Waals surface area contributed by atoms with Gasteiger partial charge in [-0.3, -0.25) is 15.2 Å². The van der Waals surface area contributed by atoms with E-state index in [9.17, 15) is 10.0 Å². The Hall–Kier alpha value is -1.65. The number of hydrogen-bond acceptors (Lipinski definition) is 4. The van der Waals surface area contributed by atoms with Gasteiger partial charge in [-0.05, 0) is 32.6 Å². The number of fused-ring (bicyclic) bond motifs is 1. The van der Waals surface area contributed by atoms with E-state index < -0.39 is 0 Å². The number of nitrogens with zero attached hydrogens (tertiary/aromatic N) is 2. The minimum Gasteiger partial charge on any atom is -0.427 e. The van der Waals surface area contributed by atoms with Crippen LogP contribution in [0.1, 0.15) is 31.2 Å². The van der Waals surface area contributed by atoms with E-state index >= 15 is 0 Å². The van der Waals surface area contributed by atoms with Gasteiger partial charge in [-0.25, -0.2) is 0 Å². The van der Waals surface area contributed by atoms with Gasteiger partial charge in [-0.1, -0.05) is 0 Å². The van der Waals surface area contributed by atoms with E-state index in [-0.39, 0.29) is 17.2 Å². The fourth-order valence-electron chi connectivity index (χ4n) is 2.17. The molecule has 0 aliphatic heterocycles. The third kappa shape index (κ3) is 1.85. The number of aromatic nitrogens is 2. The SMILES string of the molecule is CC(=O)C1CCc2ncc(=N)n(O)c2CC1. The molecular weight excluding hydrogens is 206 g/mol. The second-order valence-electron chi connectivity index (χ2n) is 4.23. The van der Waals surface area contributed by atoms with Gasteiger partial charge in [0.15, 0.2) is 5.49 Å². The van der Waals surface area contributed by atoms with Crippen LogP contribution in [0.5, 0.6) is 0 Å². The number of hydrogen-bond donors (Lipinski definition) is 2. The van der Waals surface area contributed by atoms with Gasteiger partial charge in [0.2, 0.25) is 0 Å². The number of Topliss-reactive ketones (excluding diaryl/α,β-unsaturated/α-hetero) is 1. The fourth-order valence-corrected chi connectivity index (χ4v) is 2.17. The lowest BCUT2D eigenvalue weighted by atomic mass is 9.96. The Morgan fingerprint density at radius 1 is 1.56 bits per heavy atom. The van der Waals surface area contributed by atoms with E-state index in [0.717, 1.165) is 23.3 Å². The lowest BCUT2D eigenvalue weighted by Gasteiger charge is -2.08. The molecule has 0 aromatic carbocycles. The molecule has 0 spiro atoms. The molecule has 0 saturated carbocycles. The summed E-state index contributed by atoms with van der Waals surface area (Å²) in [5, 5.41) is 17.1. The number of carbonyl (C=O) groups excluding carboxylic acids is 1. The normalized spacial score (nSPS) is 19.9. The van der Waals surface area contributed by atoms with Gasteiger partial charge in [0.25, 0.3) is 0 Å². The van der Waals surface area contributed by atoms with E-state index in [4.69, 9.17) is 5.41 Å². The summed E-state index contributed by atoms with van der Waals surface area (Å²) in [4.78, 5) is 15.5. The van der Waals surface area contributed by atoms with Crippen LogP contribution in [-0.2, 0) is 17.6 Å². The number of nitrogens with one attached hydrogen (secondary N) is 1. The summed E-state index contributed by atoms with van der Waals surface area (Å²) in [5.74, 6) is 0.256. The maximum absolute atomic E-state index is 11.3. The predicted octanol–water partition coefficient (Wildman–Crippen LogP) is 0.684. The Morgan fingerprint density at radius 2 is 2.25 bits per heavy atom. The highest BCUT2D eigenvalue weighted by Crippen LogP contribution is 2.22. The van der Waals surface area contributed by atoms with Crippen molar-refractivity contribution in [3.05, 3.63) is 23.1 Å². The van der Waals surface area contributed by atoms with Gasteiger partial charge in [-0.2, -0.15) is 4.73 Å². The Morgan fingerprint density at radius 3 is 2.94 bits per heavy atom. The molecule has 1 unspecified atom stereocenters. The summed E-state index contributed by atoms with van der Waals surface area (Å²) in [6, 6.07) is 0. The van der Waals surface area contributed by atoms with Crippen molar-refractivity contribution in [2.24, 2.45) is 5.92 Å². The van der Waals surface area contributed by atoms with E-state index in [0.29, 0.717) is 18.5 Å². The first-order chi connectivity index (χ1) is 7.59. The first-order valence-corrected chi connectivity index (χ1v) is 5.43. The van der Waals surface area contributed by atoms with E-state index in [1.165, 1.54) is 6.20 Å². The average Bonchev–Trinajstić information content (AvgIpc) is 2.46.